The third-order valence-corrected chi connectivity index (χ3v) is 5.21. The Hall–Kier alpha value is -1.99. The number of rotatable bonds is 4. The molecule has 0 amide bonds. The summed E-state index contributed by atoms with van der Waals surface area (Å²) in [6.07, 6.45) is 0. The van der Waals surface area contributed by atoms with Crippen molar-refractivity contribution in [2.24, 2.45) is 0 Å². The minimum atomic E-state index is -3.41. The van der Waals surface area contributed by atoms with Gasteiger partial charge in [-0.2, -0.15) is 5.10 Å². The van der Waals surface area contributed by atoms with Gasteiger partial charge < -0.3 is 0 Å². The second-order valence-electron chi connectivity index (χ2n) is 4.15. The molecule has 1 aromatic carbocycles. The van der Waals surface area contributed by atoms with E-state index in [0.29, 0.717) is 5.82 Å². The van der Waals surface area contributed by atoms with Gasteiger partial charge >= 0.3 is 0 Å². The summed E-state index contributed by atoms with van der Waals surface area (Å²) in [7, 11) is -3.41. The molecule has 7 heteroatoms. The fourth-order valence-electron chi connectivity index (χ4n) is 1.77. The molecule has 2 heterocycles. The molecule has 0 aliphatic rings. The first-order valence-corrected chi connectivity index (χ1v) is 8.41. The third kappa shape index (κ3) is 2.63. The molecule has 102 valence electrons. The van der Waals surface area contributed by atoms with E-state index in [2.05, 4.69) is 15.2 Å². The van der Waals surface area contributed by atoms with Crippen LogP contribution in [0.15, 0.2) is 52.7 Å². The number of nitrogens with zero attached hydrogens (tertiary/aromatic N) is 2. The lowest BCUT2D eigenvalue weighted by Gasteiger charge is -2.00. The molecule has 0 radical (unpaired) electrons. The van der Waals surface area contributed by atoms with Crippen LogP contribution in [0, 0.1) is 0 Å². The number of thiophene rings is 1. The average Bonchev–Trinajstić information content (AvgIpc) is 3.10. The summed E-state index contributed by atoms with van der Waals surface area (Å²) in [5.74, 6) is 0.661. The molecule has 20 heavy (non-hydrogen) atoms. The van der Waals surface area contributed by atoms with Crippen molar-refractivity contribution in [2.45, 2.75) is 10.6 Å². The van der Waals surface area contributed by atoms with Crippen LogP contribution in [-0.2, 0) is 15.6 Å². The first-order valence-electron chi connectivity index (χ1n) is 5.88. The molecular weight excluding hydrogens is 294 g/mol. The van der Waals surface area contributed by atoms with Gasteiger partial charge in [0.15, 0.2) is 21.5 Å². The highest BCUT2D eigenvalue weighted by Gasteiger charge is 2.18. The van der Waals surface area contributed by atoms with Crippen LogP contribution in [-0.4, -0.2) is 23.6 Å². The molecule has 0 aliphatic heterocycles. The van der Waals surface area contributed by atoms with Crippen molar-refractivity contribution in [3.8, 4) is 10.7 Å². The summed E-state index contributed by atoms with van der Waals surface area (Å²) in [5, 5.41) is 8.67. The highest BCUT2D eigenvalue weighted by atomic mass is 32.2. The first-order chi connectivity index (χ1) is 9.65. The quantitative estimate of drug-likeness (QED) is 0.803. The molecule has 0 saturated heterocycles. The van der Waals surface area contributed by atoms with Crippen molar-refractivity contribution in [1.29, 1.82) is 0 Å². The van der Waals surface area contributed by atoms with Crippen LogP contribution in [0.25, 0.3) is 10.7 Å². The van der Waals surface area contributed by atoms with Crippen molar-refractivity contribution in [3.05, 3.63) is 53.7 Å². The predicted octanol–water partition coefficient (Wildman–Crippen LogP) is 2.51. The summed E-state index contributed by atoms with van der Waals surface area (Å²) in [6, 6.07) is 12.1. The lowest BCUT2D eigenvalue weighted by atomic mass is 10.4. The van der Waals surface area contributed by atoms with E-state index in [1.807, 2.05) is 17.5 Å². The van der Waals surface area contributed by atoms with Crippen LogP contribution < -0.4 is 0 Å². The number of hydrogen-bond donors (Lipinski definition) is 1. The van der Waals surface area contributed by atoms with E-state index in [1.54, 1.807) is 30.3 Å². The maximum Gasteiger partial charge on any atom is 0.185 e. The standard InChI is InChI=1S/C13H11N3O2S2/c17-20(18,10-5-2-1-3-6-10)9-12-14-13(16-15-12)11-7-4-8-19-11/h1-8H,9H2,(H,14,15,16). The zero-order chi connectivity index (χ0) is 14.0. The Bertz CT molecular complexity index is 793. The fourth-order valence-corrected chi connectivity index (χ4v) is 3.64. The topological polar surface area (TPSA) is 75.7 Å². The number of aromatic amines is 1. The Morgan fingerprint density at radius 2 is 1.90 bits per heavy atom. The van der Waals surface area contributed by atoms with E-state index in [9.17, 15) is 8.42 Å². The highest BCUT2D eigenvalue weighted by molar-refractivity contribution is 7.90. The van der Waals surface area contributed by atoms with Gasteiger partial charge in [-0.3, -0.25) is 5.10 Å². The zero-order valence-corrected chi connectivity index (χ0v) is 12.0. The molecule has 3 rings (SSSR count). The fraction of sp³-hybridized carbons (Fsp3) is 0.0769. The molecule has 0 fully saturated rings. The zero-order valence-electron chi connectivity index (χ0n) is 10.4. The van der Waals surface area contributed by atoms with Gasteiger partial charge in [-0.1, -0.05) is 24.3 Å². The predicted molar refractivity (Wildman–Crippen MR) is 77.0 cm³/mol. The van der Waals surface area contributed by atoms with E-state index in [4.69, 9.17) is 0 Å². The van der Waals surface area contributed by atoms with Crippen LogP contribution in [0.3, 0.4) is 0 Å². The normalized spacial score (nSPS) is 11.6. The number of aromatic nitrogens is 3. The molecule has 0 spiro atoms. The minimum Gasteiger partial charge on any atom is -0.258 e. The van der Waals surface area contributed by atoms with Gasteiger partial charge in [-0.05, 0) is 23.6 Å². The van der Waals surface area contributed by atoms with Crippen LogP contribution in [0.5, 0.6) is 0 Å². The minimum absolute atomic E-state index is 0.209. The van der Waals surface area contributed by atoms with Gasteiger partial charge in [0.2, 0.25) is 0 Å². The van der Waals surface area contributed by atoms with Crippen molar-refractivity contribution in [2.75, 3.05) is 0 Å². The summed E-state index contributed by atoms with van der Waals surface area (Å²) < 4.78 is 24.4. The van der Waals surface area contributed by atoms with E-state index < -0.39 is 9.84 Å². The summed E-state index contributed by atoms with van der Waals surface area (Å²) in [5.41, 5.74) is 0. The largest absolute Gasteiger partial charge is 0.258 e. The van der Waals surface area contributed by atoms with Crippen LogP contribution in [0.4, 0.5) is 0 Å². The molecule has 1 N–H and O–H groups in total. The van der Waals surface area contributed by atoms with E-state index in [1.165, 1.54) is 11.3 Å². The van der Waals surface area contributed by atoms with E-state index in [-0.39, 0.29) is 16.5 Å². The van der Waals surface area contributed by atoms with Crippen molar-refractivity contribution < 1.29 is 8.42 Å². The lowest BCUT2D eigenvalue weighted by molar-refractivity contribution is 0.594. The molecule has 5 nitrogen and oxygen atoms in total. The third-order valence-electron chi connectivity index (χ3n) is 2.71. The van der Waals surface area contributed by atoms with E-state index in [0.717, 1.165) is 4.88 Å². The lowest BCUT2D eigenvalue weighted by Crippen LogP contribution is -2.06. The maximum atomic E-state index is 12.2. The van der Waals surface area contributed by atoms with Gasteiger partial charge in [0, 0.05) is 0 Å². The molecule has 0 saturated carbocycles. The molecule has 0 aliphatic carbocycles. The second kappa shape index (κ2) is 5.18. The molecule has 0 unspecified atom stereocenters. The number of sulfone groups is 1. The number of hydrogen-bond acceptors (Lipinski definition) is 5. The maximum absolute atomic E-state index is 12.2. The monoisotopic (exact) mass is 305 g/mol. The molecule has 0 atom stereocenters. The number of benzene rings is 1. The van der Waals surface area contributed by atoms with Gasteiger partial charge in [-0.25, -0.2) is 13.4 Å². The first kappa shape index (κ1) is 13.0. The van der Waals surface area contributed by atoms with Crippen LogP contribution in [0.1, 0.15) is 5.82 Å². The Kier molecular flexibility index (Phi) is 3.37. The SMILES string of the molecule is O=S(=O)(Cc1n[nH]c(-c2cccs2)n1)c1ccccc1. The molecular formula is C13H11N3O2S2. The smallest absolute Gasteiger partial charge is 0.185 e. The second-order valence-corrected chi connectivity index (χ2v) is 7.09. The molecule has 3 aromatic rings. The Balaban J connectivity index is 1.85. The summed E-state index contributed by atoms with van der Waals surface area (Å²) >= 11 is 1.52. The van der Waals surface area contributed by atoms with Gasteiger partial charge in [0.25, 0.3) is 0 Å². The van der Waals surface area contributed by atoms with Gasteiger partial charge in [-0.15, -0.1) is 11.3 Å². The van der Waals surface area contributed by atoms with Crippen molar-refractivity contribution in [1.82, 2.24) is 15.2 Å². The summed E-state index contributed by atoms with van der Waals surface area (Å²) in [4.78, 5) is 5.44. The highest BCUT2D eigenvalue weighted by Crippen LogP contribution is 2.21. The summed E-state index contributed by atoms with van der Waals surface area (Å²) in [6.45, 7) is 0. The Morgan fingerprint density at radius 1 is 1.10 bits per heavy atom. The number of nitrogens with one attached hydrogen (secondary N) is 1. The van der Waals surface area contributed by atoms with Crippen molar-refractivity contribution >= 4 is 21.2 Å². The average molecular weight is 305 g/mol. The van der Waals surface area contributed by atoms with Gasteiger partial charge in [0.1, 0.15) is 5.75 Å². The molecule has 0 bridgehead atoms. The van der Waals surface area contributed by atoms with Crippen LogP contribution >= 0.6 is 11.3 Å². The van der Waals surface area contributed by atoms with Crippen molar-refractivity contribution in [3.63, 3.8) is 0 Å². The van der Waals surface area contributed by atoms with Gasteiger partial charge in [0.05, 0.1) is 9.77 Å². The molecule has 2 aromatic heterocycles. The Labute approximate surface area is 120 Å². The van der Waals surface area contributed by atoms with Crippen LogP contribution in [0.2, 0.25) is 0 Å². The Morgan fingerprint density at radius 3 is 2.60 bits per heavy atom. The number of H-pyrrole nitrogens is 1. The van der Waals surface area contributed by atoms with E-state index >= 15 is 0 Å².